The highest BCUT2D eigenvalue weighted by Crippen LogP contribution is 2.44. The van der Waals surface area contributed by atoms with Crippen molar-refractivity contribution in [3.05, 3.63) is 35.4 Å². The lowest BCUT2D eigenvalue weighted by Crippen LogP contribution is -2.37. The van der Waals surface area contributed by atoms with Gasteiger partial charge in [-0.2, -0.15) is 0 Å². The molecular weight excluding hydrogens is 314 g/mol. The van der Waals surface area contributed by atoms with Crippen LogP contribution in [0.2, 0.25) is 0 Å². The molecule has 1 aromatic rings. The van der Waals surface area contributed by atoms with Gasteiger partial charge in [-0.25, -0.2) is 4.79 Å². The molecule has 0 spiro atoms. The predicted molar refractivity (Wildman–Crippen MR) is 99.0 cm³/mol. The molecule has 25 heavy (non-hydrogen) atoms. The highest BCUT2D eigenvalue weighted by molar-refractivity contribution is 5.87. The maximum Gasteiger partial charge on any atom is 0.335 e. The maximum absolute atomic E-state index is 11.0. The second-order valence-corrected chi connectivity index (χ2v) is 7.59. The number of hydrogen-bond donors (Lipinski definition) is 2. The smallest absolute Gasteiger partial charge is 0.335 e. The van der Waals surface area contributed by atoms with Crippen LogP contribution < -0.4 is 5.32 Å². The van der Waals surface area contributed by atoms with Crippen LogP contribution in [-0.4, -0.2) is 36.4 Å². The molecule has 2 saturated heterocycles. The molecule has 4 atom stereocenters. The molecule has 2 fully saturated rings. The highest BCUT2D eigenvalue weighted by atomic mass is 16.5. The molecule has 2 aliphatic heterocycles. The van der Waals surface area contributed by atoms with Crippen molar-refractivity contribution in [1.82, 2.24) is 5.32 Å². The van der Waals surface area contributed by atoms with E-state index in [1.165, 1.54) is 44.1 Å². The van der Waals surface area contributed by atoms with Crippen molar-refractivity contribution in [1.29, 1.82) is 0 Å². The molecule has 2 N–H and O–H groups in total. The number of fused-ring (bicyclic) bond motifs is 2. The van der Waals surface area contributed by atoms with Gasteiger partial charge in [-0.05, 0) is 55.8 Å². The fourth-order valence-electron chi connectivity index (χ4n) is 4.44. The number of ether oxygens (including phenoxy) is 1. The molecule has 2 heterocycles. The molecule has 138 valence electrons. The third-order valence-electron chi connectivity index (χ3n) is 5.85. The zero-order valence-electron chi connectivity index (χ0n) is 15.2. The number of benzene rings is 1. The molecule has 4 nitrogen and oxygen atoms in total. The van der Waals surface area contributed by atoms with Crippen molar-refractivity contribution >= 4 is 5.97 Å². The number of carboxylic acid groups (broad SMARTS) is 1. The molecule has 1 aromatic carbocycles. The zero-order chi connectivity index (χ0) is 17.6. The maximum atomic E-state index is 11.0. The first-order valence-electron chi connectivity index (χ1n) is 9.87. The Hall–Kier alpha value is -1.39. The average molecular weight is 345 g/mol. The lowest BCUT2D eigenvalue weighted by Gasteiger charge is -2.28. The van der Waals surface area contributed by atoms with Crippen molar-refractivity contribution < 1.29 is 14.6 Å². The number of carbonyl (C=O) groups is 1. The summed E-state index contributed by atoms with van der Waals surface area (Å²) in [6.07, 6.45) is 9.34. The van der Waals surface area contributed by atoms with E-state index in [-0.39, 0.29) is 0 Å². The summed E-state index contributed by atoms with van der Waals surface area (Å²) in [7, 11) is 0. The van der Waals surface area contributed by atoms with Gasteiger partial charge in [-0.3, -0.25) is 0 Å². The number of hydrogen-bond acceptors (Lipinski definition) is 3. The van der Waals surface area contributed by atoms with Gasteiger partial charge in [-0.15, -0.1) is 0 Å². The molecule has 3 rings (SSSR count). The van der Waals surface area contributed by atoms with E-state index in [1.807, 2.05) is 12.1 Å². The van der Waals surface area contributed by atoms with Crippen molar-refractivity contribution in [3.8, 4) is 0 Å². The lowest BCUT2D eigenvalue weighted by atomic mass is 9.76. The monoisotopic (exact) mass is 345 g/mol. The minimum Gasteiger partial charge on any atom is -0.478 e. The number of nitrogens with one attached hydrogen (secondary N) is 1. The van der Waals surface area contributed by atoms with E-state index in [4.69, 9.17) is 9.84 Å². The Bertz CT molecular complexity index is 557. The van der Waals surface area contributed by atoms with Crippen LogP contribution in [0.3, 0.4) is 0 Å². The quantitative estimate of drug-likeness (QED) is 0.632. The first-order valence-corrected chi connectivity index (χ1v) is 9.87. The first kappa shape index (κ1) is 18.4. The fourth-order valence-corrected chi connectivity index (χ4v) is 4.44. The van der Waals surface area contributed by atoms with E-state index in [1.54, 1.807) is 12.1 Å². The number of unbranched alkanes of at least 4 members (excludes halogenated alkanes) is 3. The van der Waals surface area contributed by atoms with Crippen LogP contribution in [0.1, 0.15) is 61.4 Å². The van der Waals surface area contributed by atoms with Gasteiger partial charge in [0.25, 0.3) is 0 Å². The Kier molecular flexibility index (Phi) is 6.49. The summed E-state index contributed by atoms with van der Waals surface area (Å²) in [5.41, 5.74) is 1.58. The summed E-state index contributed by atoms with van der Waals surface area (Å²) < 4.78 is 6.19. The normalized spacial score (nSPS) is 27.7. The van der Waals surface area contributed by atoms with Crippen LogP contribution in [0.4, 0.5) is 0 Å². The predicted octanol–water partition coefficient (Wildman–Crippen LogP) is 3.89. The van der Waals surface area contributed by atoms with Crippen LogP contribution in [0.15, 0.2) is 24.3 Å². The van der Waals surface area contributed by atoms with Crippen LogP contribution in [0.25, 0.3) is 0 Å². The van der Waals surface area contributed by atoms with Crippen LogP contribution in [0, 0.1) is 11.8 Å². The first-order chi connectivity index (χ1) is 12.2. The molecule has 0 saturated carbocycles. The van der Waals surface area contributed by atoms with E-state index >= 15 is 0 Å². The van der Waals surface area contributed by atoms with Crippen LogP contribution >= 0.6 is 0 Å². The van der Waals surface area contributed by atoms with E-state index in [0.717, 1.165) is 19.5 Å². The van der Waals surface area contributed by atoms with Gasteiger partial charge in [0.1, 0.15) is 0 Å². The number of carboxylic acids is 1. The van der Waals surface area contributed by atoms with Gasteiger partial charge in [0.2, 0.25) is 0 Å². The Morgan fingerprint density at radius 3 is 2.52 bits per heavy atom. The minimum absolute atomic E-state index is 0.359. The van der Waals surface area contributed by atoms with Crippen molar-refractivity contribution in [2.24, 2.45) is 11.8 Å². The van der Waals surface area contributed by atoms with Crippen LogP contribution in [-0.2, 0) is 11.2 Å². The van der Waals surface area contributed by atoms with Gasteiger partial charge in [0, 0.05) is 12.5 Å². The summed E-state index contributed by atoms with van der Waals surface area (Å²) in [5.74, 6) is 0.279. The fraction of sp³-hybridized carbons (Fsp3) is 0.667. The molecular formula is C21H31NO3. The van der Waals surface area contributed by atoms with Gasteiger partial charge in [0.15, 0.2) is 0 Å². The molecule has 2 aliphatic rings. The second kappa shape index (κ2) is 8.81. The Morgan fingerprint density at radius 2 is 1.84 bits per heavy atom. The third-order valence-corrected chi connectivity index (χ3v) is 5.85. The minimum atomic E-state index is -0.861. The molecule has 0 radical (unpaired) electrons. The SMILES string of the molecule is CCCCCCNCC1C2CCC(O2)C1Cc1ccc(C(=O)O)cc1. The van der Waals surface area contributed by atoms with Crippen molar-refractivity contribution in [3.63, 3.8) is 0 Å². The van der Waals surface area contributed by atoms with E-state index in [9.17, 15) is 4.79 Å². The third kappa shape index (κ3) is 4.62. The Morgan fingerprint density at radius 1 is 1.12 bits per heavy atom. The molecule has 0 aromatic heterocycles. The molecule has 4 heteroatoms. The van der Waals surface area contributed by atoms with Gasteiger partial charge in [0.05, 0.1) is 17.8 Å². The summed E-state index contributed by atoms with van der Waals surface area (Å²) in [5, 5.41) is 12.7. The van der Waals surface area contributed by atoms with Gasteiger partial charge in [-0.1, -0.05) is 38.3 Å². The van der Waals surface area contributed by atoms with E-state index < -0.39 is 5.97 Å². The average Bonchev–Trinajstić information content (AvgIpc) is 3.21. The standard InChI is InChI=1S/C21H31NO3/c1-2-3-4-5-12-22-14-18-17(19-10-11-20(18)25-19)13-15-6-8-16(9-7-15)21(23)24/h6-9,17-20,22H,2-5,10-14H2,1H3,(H,23,24). The number of aromatic carboxylic acids is 1. The van der Waals surface area contributed by atoms with Gasteiger partial charge >= 0.3 is 5.97 Å². The summed E-state index contributed by atoms with van der Waals surface area (Å²) in [6, 6.07) is 7.36. The summed E-state index contributed by atoms with van der Waals surface area (Å²) in [6.45, 7) is 4.40. The highest BCUT2D eigenvalue weighted by Gasteiger charge is 2.48. The Balaban J connectivity index is 1.52. The molecule has 2 bridgehead atoms. The van der Waals surface area contributed by atoms with Gasteiger partial charge < -0.3 is 15.2 Å². The van der Waals surface area contributed by atoms with E-state index in [0.29, 0.717) is 29.6 Å². The van der Waals surface area contributed by atoms with Crippen LogP contribution in [0.5, 0.6) is 0 Å². The molecule has 0 aliphatic carbocycles. The summed E-state index contributed by atoms with van der Waals surface area (Å²) >= 11 is 0. The molecule has 4 unspecified atom stereocenters. The largest absolute Gasteiger partial charge is 0.478 e. The summed E-state index contributed by atoms with van der Waals surface area (Å²) in [4.78, 5) is 11.0. The van der Waals surface area contributed by atoms with E-state index in [2.05, 4.69) is 12.2 Å². The molecule has 0 amide bonds. The Labute approximate surface area is 151 Å². The lowest BCUT2D eigenvalue weighted by molar-refractivity contribution is 0.0696. The zero-order valence-corrected chi connectivity index (χ0v) is 15.2. The topological polar surface area (TPSA) is 58.6 Å². The number of rotatable bonds is 10. The van der Waals surface area contributed by atoms with Crippen molar-refractivity contribution in [2.75, 3.05) is 13.1 Å². The van der Waals surface area contributed by atoms with Crippen molar-refractivity contribution in [2.45, 2.75) is 64.1 Å². The second-order valence-electron chi connectivity index (χ2n) is 7.59.